The van der Waals surface area contributed by atoms with E-state index in [0.29, 0.717) is 11.0 Å². The highest BCUT2D eigenvalue weighted by Crippen LogP contribution is 2.15. The first kappa shape index (κ1) is 10.7. The molecule has 82 valence electrons. The van der Waals surface area contributed by atoms with Crippen molar-refractivity contribution in [3.63, 3.8) is 0 Å². The van der Waals surface area contributed by atoms with Crippen molar-refractivity contribution < 1.29 is 14.4 Å². The van der Waals surface area contributed by atoms with Gasteiger partial charge in [0.05, 0.1) is 11.1 Å². The van der Waals surface area contributed by atoms with Crippen LogP contribution in [-0.2, 0) is 4.79 Å². The Labute approximate surface area is 94.1 Å². The summed E-state index contributed by atoms with van der Waals surface area (Å²) in [6.07, 6.45) is 0. The van der Waals surface area contributed by atoms with E-state index in [2.05, 4.69) is 5.16 Å². The Bertz CT molecular complexity index is 593. The molecule has 0 spiro atoms. The summed E-state index contributed by atoms with van der Waals surface area (Å²) in [5, 5.41) is 12.6. The normalized spacial score (nSPS) is 10.5. The fourth-order valence-corrected chi connectivity index (χ4v) is 1.79. The molecule has 0 saturated heterocycles. The predicted octanol–water partition coefficient (Wildman–Crippen LogP) is 1.36. The number of hydrogen-bond acceptors (Lipinski definition) is 5. The molecule has 6 heteroatoms. The summed E-state index contributed by atoms with van der Waals surface area (Å²) in [6, 6.07) is 6.70. The third kappa shape index (κ3) is 2.06. The first-order valence-corrected chi connectivity index (χ1v) is 5.40. The molecule has 0 unspecified atom stereocenters. The number of nitrogens with zero attached hydrogens (tertiary/aromatic N) is 1. The first-order valence-electron chi connectivity index (χ1n) is 4.42. The number of benzene rings is 1. The maximum atomic E-state index is 11.8. The molecule has 2 aromatic rings. The molecule has 1 aromatic heterocycles. The third-order valence-electron chi connectivity index (χ3n) is 1.89. The van der Waals surface area contributed by atoms with Crippen molar-refractivity contribution in [1.29, 1.82) is 0 Å². The molecule has 16 heavy (non-hydrogen) atoms. The summed E-state index contributed by atoms with van der Waals surface area (Å²) in [4.78, 5) is 22.2. The molecule has 0 saturated carbocycles. The second-order valence-corrected chi connectivity index (χ2v) is 3.96. The van der Waals surface area contributed by atoms with Crippen molar-refractivity contribution in [3.8, 4) is 0 Å². The third-order valence-corrected chi connectivity index (χ3v) is 2.81. The Morgan fingerprint density at radius 3 is 2.94 bits per heavy atom. The predicted molar refractivity (Wildman–Crippen MR) is 58.6 cm³/mol. The van der Waals surface area contributed by atoms with Crippen molar-refractivity contribution in [2.75, 3.05) is 5.75 Å². The number of fused-ring (bicyclic) bond motifs is 1. The fraction of sp³-hybridized carbons (Fsp3) is 0.100. The molecule has 0 aliphatic heterocycles. The van der Waals surface area contributed by atoms with E-state index >= 15 is 0 Å². The number of rotatable bonds is 3. The molecule has 0 atom stereocenters. The zero-order valence-electron chi connectivity index (χ0n) is 8.04. The van der Waals surface area contributed by atoms with Crippen molar-refractivity contribution in [2.45, 2.75) is 5.03 Å². The Morgan fingerprint density at radius 1 is 1.44 bits per heavy atom. The Morgan fingerprint density at radius 2 is 2.19 bits per heavy atom. The molecule has 0 amide bonds. The van der Waals surface area contributed by atoms with Crippen LogP contribution in [0.4, 0.5) is 0 Å². The van der Waals surface area contributed by atoms with Gasteiger partial charge in [-0.15, -0.1) is 0 Å². The van der Waals surface area contributed by atoms with E-state index in [-0.39, 0.29) is 16.2 Å². The van der Waals surface area contributed by atoms with Crippen LogP contribution in [-0.4, -0.2) is 22.0 Å². The smallest absolute Gasteiger partial charge is 0.313 e. The van der Waals surface area contributed by atoms with Crippen LogP contribution in [0.15, 0.2) is 38.6 Å². The van der Waals surface area contributed by atoms with Gasteiger partial charge in [0.2, 0.25) is 5.43 Å². The average molecular weight is 237 g/mol. The van der Waals surface area contributed by atoms with Gasteiger partial charge < -0.3 is 9.63 Å². The van der Waals surface area contributed by atoms with Gasteiger partial charge in [0.15, 0.2) is 10.6 Å². The lowest BCUT2D eigenvalue weighted by atomic mass is 10.2. The summed E-state index contributed by atoms with van der Waals surface area (Å²) in [5.41, 5.74) is 0.0975. The standard InChI is InChI=1S/C10H7NO4S/c12-8(13)5-16-10-9(14)6-3-1-2-4-7(6)15-11-10/h1-4H,5H2,(H,12,13). The zero-order chi connectivity index (χ0) is 11.5. The average Bonchev–Trinajstić information content (AvgIpc) is 2.28. The number of carboxylic acids is 1. The molecule has 0 fully saturated rings. The van der Waals surface area contributed by atoms with Crippen LogP contribution < -0.4 is 5.43 Å². The first-order chi connectivity index (χ1) is 7.68. The Kier molecular flexibility index (Phi) is 2.91. The number of carboxylic acid groups (broad SMARTS) is 1. The van der Waals surface area contributed by atoms with E-state index in [4.69, 9.17) is 9.63 Å². The van der Waals surface area contributed by atoms with Crippen LogP contribution in [0.2, 0.25) is 0 Å². The molecule has 2 rings (SSSR count). The van der Waals surface area contributed by atoms with Crippen LogP contribution in [0.3, 0.4) is 0 Å². The molecule has 1 N–H and O–H groups in total. The van der Waals surface area contributed by atoms with Gasteiger partial charge in [0.1, 0.15) is 0 Å². The topological polar surface area (TPSA) is 80.4 Å². The molecular formula is C10H7NO4S. The highest BCUT2D eigenvalue weighted by atomic mass is 32.2. The second kappa shape index (κ2) is 4.36. The van der Waals surface area contributed by atoms with Gasteiger partial charge >= 0.3 is 5.97 Å². The minimum Gasteiger partial charge on any atom is -0.481 e. The van der Waals surface area contributed by atoms with E-state index in [0.717, 1.165) is 11.8 Å². The second-order valence-electron chi connectivity index (χ2n) is 3.00. The molecule has 1 heterocycles. The molecule has 1 aromatic carbocycles. The number of carbonyl (C=O) groups is 1. The van der Waals surface area contributed by atoms with Gasteiger partial charge in [-0.05, 0) is 12.1 Å². The van der Waals surface area contributed by atoms with Gasteiger partial charge in [-0.25, -0.2) is 0 Å². The van der Waals surface area contributed by atoms with Crippen LogP contribution >= 0.6 is 11.8 Å². The molecule has 0 bridgehead atoms. The van der Waals surface area contributed by atoms with Crippen LogP contribution in [0.1, 0.15) is 0 Å². The van der Waals surface area contributed by atoms with Gasteiger partial charge in [-0.2, -0.15) is 0 Å². The molecule has 0 aliphatic rings. The van der Waals surface area contributed by atoms with Crippen LogP contribution in [0.5, 0.6) is 0 Å². The fourth-order valence-electron chi connectivity index (χ4n) is 1.20. The number of hydrogen-bond donors (Lipinski definition) is 1. The minimum atomic E-state index is -1.00. The number of aromatic nitrogens is 1. The lowest BCUT2D eigenvalue weighted by molar-refractivity contribution is -0.133. The minimum absolute atomic E-state index is 0.0705. The summed E-state index contributed by atoms with van der Waals surface area (Å²) in [6.45, 7) is 0. The number of para-hydroxylation sites is 1. The lowest BCUT2D eigenvalue weighted by Crippen LogP contribution is -2.08. The van der Waals surface area contributed by atoms with Gasteiger partial charge in [-0.3, -0.25) is 9.59 Å². The molecule has 5 nitrogen and oxygen atoms in total. The summed E-state index contributed by atoms with van der Waals surface area (Å²) < 4.78 is 4.99. The maximum Gasteiger partial charge on any atom is 0.313 e. The summed E-state index contributed by atoms with van der Waals surface area (Å²) in [5.74, 6) is -1.21. The van der Waals surface area contributed by atoms with Crippen molar-refractivity contribution in [1.82, 2.24) is 5.16 Å². The summed E-state index contributed by atoms with van der Waals surface area (Å²) in [7, 11) is 0. The van der Waals surface area contributed by atoms with E-state index in [1.165, 1.54) is 0 Å². The van der Waals surface area contributed by atoms with Crippen molar-refractivity contribution in [2.24, 2.45) is 0 Å². The van der Waals surface area contributed by atoms with Crippen LogP contribution in [0.25, 0.3) is 11.0 Å². The van der Waals surface area contributed by atoms with Crippen LogP contribution in [0, 0.1) is 0 Å². The quantitative estimate of drug-likeness (QED) is 0.812. The van der Waals surface area contributed by atoms with E-state index in [1.54, 1.807) is 24.3 Å². The van der Waals surface area contributed by atoms with Gasteiger partial charge in [-0.1, -0.05) is 29.1 Å². The van der Waals surface area contributed by atoms with Crippen molar-refractivity contribution in [3.05, 3.63) is 34.5 Å². The number of aliphatic carboxylic acids is 1. The summed E-state index contributed by atoms with van der Waals surface area (Å²) >= 11 is 0.853. The molecular weight excluding hydrogens is 230 g/mol. The van der Waals surface area contributed by atoms with Crippen molar-refractivity contribution >= 4 is 28.7 Å². The lowest BCUT2D eigenvalue weighted by Gasteiger charge is -1.97. The van der Waals surface area contributed by atoms with E-state index in [9.17, 15) is 9.59 Å². The van der Waals surface area contributed by atoms with E-state index < -0.39 is 5.97 Å². The Hall–Kier alpha value is -1.82. The van der Waals surface area contributed by atoms with Gasteiger partial charge in [0.25, 0.3) is 0 Å². The zero-order valence-corrected chi connectivity index (χ0v) is 8.86. The highest BCUT2D eigenvalue weighted by molar-refractivity contribution is 7.99. The Balaban J connectivity index is 2.45. The monoisotopic (exact) mass is 237 g/mol. The highest BCUT2D eigenvalue weighted by Gasteiger charge is 2.10. The molecule has 0 aliphatic carbocycles. The van der Waals surface area contributed by atoms with Gasteiger partial charge in [0, 0.05) is 0 Å². The number of thioether (sulfide) groups is 1. The molecule has 0 radical (unpaired) electrons. The van der Waals surface area contributed by atoms with E-state index in [1.807, 2.05) is 0 Å². The SMILES string of the molecule is O=C(O)CSc1noc2ccccc2c1=O. The largest absolute Gasteiger partial charge is 0.481 e. The maximum absolute atomic E-state index is 11.8.